The standard InChI is InChI=1S/C18H30N2O4S2/c1-14(2)24-12-5-9-19-18(21)15(3)16-7-10-20(11-8-16)26(22,23)17-6-4-13-25-17/h4,6,13-16H,5,7-12H2,1-3H3,(H,19,21)/t15-/m1/s1. The fourth-order valence-electron chi connectivity index (χ4n) is 3.13. The maximum absolute atomic E-state index is 12.6. The number of nitrogens with zero attached hydrogens (tertiary/aromatic N) is 1. The Morgan fingerprint density at radius 3 is 2.62 bits per heavy atom. The fraction of sp³-hybridized carbons (Fsp3) is 0.722. The van der Waals surface area contributed by atoms with E-state index in [1.54, 1.807) is 21.8 Å². The molecule has 6 nitrogen and oxygen atoms in total. The van der Waals surface area contributed by atoms with E-state index in [1.807, 2.05) is 20.8 Å². The van der Waals surface area contributed by atoms with Crippen molar-refractivity contribution in [2.45, 2.75) is 50.3 Å². The summed E-state index contributed by atoms with van der Waals surface area (Å²) in [4.78, 5) is 12.3. The first-order valence-electron chi connectivity index (χ1n) is 9.25. The highest BCUT2D eigenvalue weighted by atomic mass is 32.2. The van der Waals surface area contributed by atoms with E-state index in [9.17, 15) is 13.2 Å². The minimum Gasteiger partial charge on any atom is -0.379 e. The van der Waals surface area contributed by atoms with E-state index in [-0.39, 0.29) is 23.8 Å². The molecule has 0 bridgehead atoms. The van der Waals surface area contributed by atoms with E-state index in [2.05, 4.69) is 5.32 Å². The molecule has 1 amide bonds. The third kappa shape index (κ3) is 5.77. The van der Waals surface area contributed by atoms with Gasteiger partial charge in [0.1, 0.15) is 4.21 Å². The van der Waals surface area contributed by atoms with Gasteiger partial charge in [0.05, 0.1) is 6.10 Å². The van der Waals surface area contributed by atoms with Gasteiger partial charge in [-0.25, -0.2) is 8.42 Å². The predicted octanol–water partition coefficient (Wildman–Crippen LogP) is 2.72. The predicted molar refractivity (Wildman–Crippen MR) is 104 cm³/mol. The van der Waals surface area contributed by atoms with Crippen molar-refractivity contribution in [2.75, 3.05) is 26.2 Å². The van der Waals surface area contributed by atoms with E-state index in [0.717, 1.165) is 19.3 Å². The molecule has 1 aromatic rings. The molecule has 0 radical (unpaired) electrons. The normalized spacial score (nSPS) is 18.2. The third-order valence-corrected chi connectivity index (χ3v) is 8.05. The van der Waals surface area contributed by atoms with Gasteiger partial charge in [-0.2, -0.15) is 4.31 Å². The molecule has 148 valence electrons. The van der Waals surface area contributed by atoms with Crippen molar-refractivity contribution in [3.05, 3.63) is 17.5 Å². The number of nitrogens with one attached hydrogen (secondary N) is 1. The van der Waals surface area contributed by atoms with Crippen molar-refractivity contribution in [1.29, 1.82) is 0 Å². The summed E-state index contributed by atoms with van der Waals surface area (Å²) in [5, 5.41) is 4.74. The van der Waals surface area contributed by atoms with Crippen molar-refractivity contribution in [1.82, 2.24) is 9.62 Å². The Kier molecular flexibility index (Phi) is 8.06. The quantitative estimate of drug-likeness (QED) is 0.645. The molecule has 0 unspecified atom stereocenters. The van der Waals surface area contributed by atoms with Crippen molar-refractivity contribution in [3.63, 3.8) is 0 Å². The summed E-state index contributed by atoms with van der Waals surface area (Å²) in [7, 11) is -3.38. The van der Waals surface area contributed by atoms with E-state index in [4.69, 9.17) is 4.74 Å². The molecule has 0 aliphatic carbocycles. The number of hydrogen-bond donors (Lipinski definition) is 1. The molecule has 0 saturated carbocycles. The van der Waals surface area contributed by atoms with Crippen LogP contribution in [0.5, 0.6) is 0 Å². The minimum atomic E-state index is -3.38. The molecular formula is C18H30N2O4S2. The smallest absolute Gasteiger partial charge is 0.252 e. The lowest BCUT2D eigenvalue weighted by molar-refractivity contribution is -0.126. The van der Waals surface area contributed by atoms with Crippen molar-refractivity contribution in [2.24, 2.45) is 11.8 Å². The lowest BCUT2D eigenvalue weighted by Gasteiger charge is -2.33. The summed E-state index contributed by atoms with van der Waals surface area (Å²) in [5.74, 6) is 0.165. The molecule has 2 rings (SSSR count). The Balaban J connectivity index is 1.75. The second-order valence-corrected chi connectivity index (χ2v) is 10.1. The van der Waals surface area contributed by atoms with Crippen LogP contribution in [0.3, 0.4) is 0 Å². The van der Waals surface area contributed by atoms with E-state index in [0.29, 0.717) is 30.5 Å². The van der Waals surface area contributed by atoms with E-state index >= 15 is 0 Å². The minimum absolute atomic E-state index is 0.0501. The molecule has 1 saturated heterocycles. The second-order valence-electron chi connectivity index (χ2n) is 7.03. The van der Waals surface area contributed by atoms with Crippen LogP contribution >= 0.6 is 11.3 Å². The Hall–Kier alpha value is -0.960. The molecule has 1 aliphatic rings. The van der Waals surface area contributed by atoms with Crippen LogP contribution < -0.4 is 5.32 Å². The fourth-order valence-corrected chi connectivity index (χ4v) is 5.75. The number of piperidine rings is 1. The van der Waals surface area contributed by atoms with E-state index < -0.39 is 10.0 Å². The van der Waals surface area contributed by atoms with Gasteiger partial charge in [-0.05, 0) is 50.5 Å². The molecule has 1 fully saturated rings. The zero-order valence-corrected chi connectivity index (χ0v) is 17.4. The van der Waals surface area contributed by atoms with Gasteiger partial charge < -0.3 is 10.1 Å². The van der Waals surface area contributed by atoms with Gasteiger partial charge in [-0.3, -0.25) is 4.79 Å². The monoisotopic (exact) mass is 402 g/mol. The van der Waals surface area contributed by atoms with Gasteiger partial charge in [0.2, 0.25) is 5.91 Å². The summed E-state index contributed by atoms with van der Waals surface area (Å²) in [6, 6.07) is 3.40. The molecule has 1 aromatic heterocycles. The van der Waals surface area contributed by atoms with Crippen LogP contribution in [0.2, 0.25) is 0 Å². The number of amides is 1. The zero-order chi connectivity index (χ0) is 19.2. The van der Waals surface area contributed by atoms with Gasteiger partial charge in [0.25, 0.3) is 10.0 Å². The average molecular weight is 403 g/mol. The topological polar surface area (TPSA) is 75.7 Å². The molecule has 26 heavy (non-hydrogen) atoms. The van der Waals surface area contributed by atoms with Crippen LogP contribution in [0.1, 0.15) is 40.0 Å². The number of carbonyl (C=O) groups excluding carboxylic acids is 1. The van der Waals surface area contributed by atoms with Crippen LogP contribution in [0.15, 0.2) is 21.7 Å². The van der Waals surface area contributed by atoms with Crippen LogP contribution in [0.4, 0.5) is 0 Å². The number of thiophene rings is 1. The molecule has 1 atom stereocenters. The van der Waals surface area contributed by atoms with Gasteiger partial charge in [-0.1, -0.05) is 13.0 Å². The highest BCUT2D eigenvalue weighted by Gasteiger charge is 2.33. The number of carbonyl (C=O) groups is 1. The van der Waals surface area contributed by atoms with Crippen molar-refractivity contribution < 1.29 is 17.9 Å². The van der Waals surface area contributed by atoms with Crippen LogP contribution in [-0.2, 0) is 19.6 Å². The summed E-state index contributed by atoms with van der Waals surface area (Å²) < 4.78 is 32.5. The third-order valence-electron chi connectivity index (χ3n) is 4.78. The van der Waals surface area contributed by atoms with Gasteiger partial charge >= 0.3 is 0 Å². The van der Waals surface area contributed by atoms with Crippen LogP contribution in [0.25, 0.3) is 0 Å². The van der Waals surface area contributed by atoms with Gasteiger partial charge in [0.15, 0.2) is 0 Å². The second kappa shape index (κ2) is 9.82. The lowest BCUT2D eigenvalue weighted by Crippen LogP contribution is -2.42. The molecule has 2 heterocycles. The highest BCUT2D eigenvalue weighted by Crippen LogP contribution is 2.29. The Bertz CT molecular complexity index is 651. The SMILES string of the molecule is CC(C)OCCCNC(=O)[C@H](C)C1CCN(S(=O)(=O)c2cccs2)CC1. The number of rotatable bonds is 9. The molecule has 0 aromatic carbocycles. The van der Waals surface area contributed by atoms with Crippen molar-refractivity contribution in [3.8, 4) is 0 Å². The maximum Gasteiger partial charge on any atom is 0.252 e. The maximum atomic E-state index is 12.6. The van der Waals surface area contributed by atoms with Gasteiger partial charge in [-0.15, -0.1) is 11.3 Å². The van der Waals surface area contributed by atoms with Gasteiger partial charge in [0, 0.05) is 32.2 Å². The first-order chi connectivity index (χ1) is 12.3. The van der Waals surface area contributed by atoms with Crippen LogP contribution in [-0.4, -0.2) is 51.0 Å². The average Bonchev–Trinajstić information content (AvgIpc) is 3.16. The first-order valence-corrected chi connectivity index (χ1v) is 11.6. The number of ether oxygens (including phenoxy) is 1. The number of hydrogen-bond acceptors (Lipinski definition) is 5. The molecule has 8 heteroatoms. The summed E-state index contributed by atoms with van der Waals surface area (Å²) in [5.41, 5.74) is 0. The Morgan fingerprint density at radius 2 is 2.04 bits per heavy atom. The van der Waals surface area contributed by atoms with E-state index in [1.165, 1.54) is 11.3 Å². The summed E-state index contributed by atoms with van der Waals surface area (Å²) in [6.07, 6.45) is 2.44. The summed E-state index contributed by atoms with van der Waals surface area (Å²) in [6.45, 7) is 8.13. The highest BCUT2D eigenvalue weighted by molar-refractivity contribution is 7.91. The Labute approximate surface area is 161 Å². The molecule has 1 aliphatic heterocycles. The number of sulfonamides is 1. The largest absolute Gasteiger partial charge is 0.379 e. The summed E-state index contributed by atoms with van der Waals surface area (Å²) >= 11 is 1.25. The van der Waals surface area contributed by atoms with Crippen LogP contribution in [0, 0.1) is 11.8 Å². The zero-order valence-electron chi connectivity index (χ0n) is 15.8. The van der Waals surface area contributed by atoms with Crippen molar-refractivity contribution >= 4 is 27.3 Å². The molecule has 0 spiro atoms. The Morgan fingerprint density at radius 1 is 1.35 bits per heavy atom. The lowest BCUT2D eigenvalue weighted by atomic mass is 9.85. The molecular weight excluding hydrogens is 372 g/mol. The molecule has 1 N–H and O–H groups in total. The first kappa shape index (κ1) is 21.3.